The van der Waals surface area contributed by atoms with Crippen molar-refractivity contribution < 1.29 is 32.8 Å². The standard InChI is InChI=1S/C25H32ClN3O8S/c1-16(2)25(24-22(30)13-21(14-23(24)31)38(34,35)28(3)17-6-7-17)27-37-20(5-4-12-26)15-36-19-10-8-18(9-11-19)29(32)33/h4-5,8-11,16-17,20-21,30H,6-7,12-15H2,1-3H3. The van der Waals surface area contributed by atoms with Crippen LogP contribution in [-0.2, 0) is 19.7 Å². The van der Waals surface area contributed by atoms with Crippen molar-refractivity contribution in [3.8, 4) is 5.75 Å². The lowest BCUT2D eigenvalue weighted by Gasteiger charge is -2.28. The largest absolute Gasteiger partial charge is 0.511 e. The Morgan fingerprint density at radius 2 is 1.95 bits per heavy atom. The first-order valence-corrected chi connectivity index (χ1v) is 14.3. The molecule has 0 radical (unpaired) electrons. The minimum atomic E-state index is -3.74. The SMILES string of the molecule is CC(C)C(=NOC(C=CCCl)COc1ccc([N+](=O)[O-])cc1)C1=C(O)CC(S(=O)(=O)N(C)C2CC2)CC1=O. The second-order valence-corrected chi connectivity index (χ2v) is 12.1. The fourth-order valence-electron chi connectivity index (χ4n) is 3.97. The summed E-state index contributed by atoms with van der Waals surface area (Å²) in [5.41, 5.74) is 0.0909. The highest BCUT2D eigenvalue weighted by molar-refractivity contribution is 7.89. The Hall–Kier alpha value is -2.96. The van der Waals surface area contributed by atoms with E-state index in [1.54, 1.807) is 26.0 Å². The third-order valence-electron chi connectivity index (χ3n) is 6.28. The maximum Gasteiger partial charge on any atom is 0.269 e. The van der Waals surface area contributed by atoms with Crippen molar-refractivity contribution in [3.63, 3.8) is 0 Å². The summed E-state index contributed by atoms with van der Waals surface area (Å²) >= 11 is 5.76. The third-order valence-corrected chi connectivity index (χ3v) is 8.73. The van der Waals surface area contributed by atoms with Crippen LogP contribution in [0.15, 0.2) is 52.9 Å². The molecule has 0 heterocycles. The fourth-order valence-corrected chi connectivity index (χ4v) is 5.90. The molecule has 1 aromatic carbocycles. The molecule has 0 amide bonds. The van der Waals surface area contributed by atoms with Crippen molar-refractivity contribution in [2.24, 2.45) is 11.1 Å². The van der Waals surface area contributed by atoms with Gasteiger partial charge in [-0.05, 0) is 37.0 Å². The molecule has 2 atom stereocenters. The Morgan fingerprint density at radius 3 is 2.47 bits per heavy atom. The second kappa shape index (κ2) is 12.7. The van der Waals surface area contributed by atoms with Crippen molar-refractivity contribution in [1.82, 2.24) is 4.31 Å². The number of nitro benzene ring substituents is 1. The van der Waals surface area contributed by atoms with Crippen molar-refractivity contribution >= 4 is 38.8 Å². The molecule has 2 aliphatic rings. The third kappa shape index (κ3) is 7.33. The molecule has 2 aliphatic carbocycles. The van der Waals surface area contributed by atoms with E-state index in [0.717, 1.165) is 12.8 Å². The summed E-state index contributed by atoms with van der Waals surface area (Å²) in [7, 11) is -2.23. The summed E-state index contributed by atoms with van der Waals surface area (Å²) < 4.78 is 32.9. The molecular formula is C25H32ClN3O8S. The van der Waals surface area contributed by atoms with Gasteiger partial charge in [0.05, 0.1) is 21.5 Å². The van der Waals surface area contributed by atoms with Crippen LogP contribution < -0.4 is 4.74 Å². The van der Waals surface area contributed by atoms with Crippen LogP contribution in [0.5, 0.6) is 5.75 Å². The molecule has 208 valence electrons. The summed E-state index contributed by atoms with van der Waals surface area (Å²) in [6, 6.07) is 5.49. The van der Waals surface area contributed by atoms with Gasteiger partial charge in [-0.15, -0.1) is 11.6 Å². The minimum Gasteiger partial charge on any atom is -0.511 e. The lowest BCUT2D eigenvalue weighted by molar-refractivity contribution is -0.384. The molecule has 2 unspecified atom stereocenters. The van der Waals surface area contributed by atoms with Crippen LogP contribution in [0.25, 0.3) is 0 Å². The number of ether oxygens (including phenoxy) is 1. The van der Waals surface area contributed by atoms with E-state index in [0.29, 0.717) is 5.75 Å². The number of oxime groups is 1. The average molecular weight is 570 g/mol. The van der Waals surface area contributed by atoms with Gasteiger partial charge in [-0.1, -0.05) is 25.1 Å². The molecule has 0 aliphatic heterocycles. The number of halogens is 1. The Morgan fingerprint density at radius 1 is 1.29 bits per heavy atom. The number of hydrogen-bond donors (Lipinski definition) is 1. The number of aliphatic hydroxyl groups excluding tert-OH is 1. The van der Waals surface area contributed by atoms with Crippen LogP contribution in [0.2, 0.25) is 0 Å². The lowest BCUT2D eigenvalue weighted by Crippen LogP contribution is -2.41. The molecular weight excluding hydrogens is 538 g/mol. The van der Waals surface area contributed by atoms with Crippen LogP contribution in [0.1, 0.15) is 39.5 Å². The van der Waals surface area contributed by atoms with Crippen molar-refractivity contribution in [3.05, 3.63) is 57.9 Å². The van der Waals surface area contributed by atoms with Crippen LogP contribution >= 0.6 is 11.6 Å². The number of sulfonamides is 1. The van der Waals surface area contributed by atoms with E-state index in [1.807, 2.05) is 0 Å². The van der Waals surface area contributed by atoms with Gasteiger partial charge < -0.3 is 14.7 Å². The summed E-state index contributed by atoms with van der Waals surface area (Å²) in [5.74, 6) is -0.592. The molecule has 38 heavy (non-hydrogen) atoms. The second-order valence-electron chi connectivity index (χ2n) is 9.49. The first-order chi connectivity index (χ1) is 17.9. The number of alkyl halides is 1. The Labute approximate surface area is 226 Å². The van der Waals surface area contributed by atoms with Gasteiger partial charge in [-0.3, -0.25) is 14.9 Å². The zero-order valence-electron chi connectivity index (χ0n) is 21.4. The maximum absolute atomic E-state index is 13.1. The molecule has 0 spiro atoms. The van der Waals surface area contributed by atoms with E-state index in [-0.39, 0.29) is 60.0 Å². The molecule has 11 nitrogen and oxygen atoms in total. The monoisotopic (exact) mass is 569 g/mol. The van der Waals surface area contributed by atoms with Crippen LogP contribution in [0.3, 0.4) is 0 Å². The zero-order chi connectivity index (χ0) is 28.0. The fraction of sp³-hybridized carbons (Fsp3) is 0.520. The first kappa shape index (κ1) is 29.6. The summed E-state index contributed by atoms with van der Waals surface area (Å²) in [6.07, 6.45) is 3.64. The highest BCUT2D eigenvalue weighted by Crippen LogP contribution is 2.34. The highest BCUT2D eigenvalue weighted by atomic mass is 35.5. The van der Waals surface area contributed by atoms with Crippen LogP contribution in [-0.4, -0.2) is 71.2 Å². The predicted octanol–water partition coefficient (Wildman–Crippen LogP) is 4.13. The van der Waals surface area contributed by atoms with Gasteiger partial charge in [0.2, 0.25) is 10.0 Å². The minimum absolute atomic E-state index is 0.0210. The molecule has 1 aromatic rings. The number of hydrogen-bond acceptors (Lipinski definition) is 9. The molecule has 1 N–H and O–H groups in total. The molecule has 1 saturated carbocycles. The van der Waals surface area contributed by atoms with Gasteiger partial charge in [0.15, 0.2) is 11.9 Å². The number of non-ortho nitro benzene ring substituents is 1. The van der Waals surface area contributed by atoms with Gasteiger partial charge in [0.1, 0.15) is 18.1 Å². The van der Waals surface area contributed by atoms with E-state index in [9.17, 15) is 28.4 Å². The summed E-state index contributed by atoms with van der Waals surface area (Å²) in [5, 5.41) is 24.7. The van der Waals surface area contributed by atoms with E-state index in [2.05, 4.69) is 5.16 Å². The molecule has 3 rings (SSSR count). The number of ketones is 1. The Kier molecular flexibility index (Phi) is 9.91. The summed E-state index contributed by atoms with van der Waals surface area (Å²) in [6.45, 7) is 3.53. The van der Waals surface area contributed by atoms with E-state index in [4.69, 9.17) is 21.2 Å². The number of allylic oxidation sites excluding steroid dienone is 3. The Balaban J connectivity index is 1.77. The number of benzene rings is 1. The predicted molar refractivity (Wildman–Crippen MR) is 143 cm³/mol. The number of nitro groups is 1. The zero-order valence-corrected chi connectivity index (χ0v) is 23.0. The number of nitrogens with zero attached hydrogens (tertiary/aromatic N) is 3. The molecule has 1 fully saturated rings. The summed E-state index contributed by atoms with van der Waals surface area (Å²) in [4.78, 5) is 29.1. The van der Waals surface area contributed by atoms with Gasteiger partial charge in [0.25, 0.3) is 5.69 Å². The maximum atomic E-state index is 13.1. The van der Waals surface area contributed by atoms with E-state index >= 15 is 0 Å². The molecule has 0 aromatic heterocycles. The van der Waals surface area contributed by atoms with Crippen LogP contribution in [0.4, 0.5) is 5.69 Å². The van der Waals surface area contributed by atoms with Gasteiger partial charge in [-0.2, -0.15) is 0 Å². The van der Waals surface area contributed by atoms with E-state index < -0.39 is 32.1 Å². The van der Waals surface area contributed by atoms with Gasteiger partial charge in [-0.25, -0.2) is 12.7 Å². The van der Waals surface area contributed by atoms with Crippen molar-refractivity contribution in [2.75, 3.05) is 19.5 Å². The van der Waals surface area contributed by atoms with E-state index in [1.165, 1.54) is 35.6 Å². The number of rotatable bonds is 13. The normalized spacial score (nSPS) is 19.9. The number of carbonyl (C=O) groups excluding carboxylic acids is 1. The topological polar surface area (TPSA) is 149 Å². The smallest absolute Gasteiger partial charge is 0.269 e. The number of aliphatic hydroxyl groups is 1. The van der Waals surface area contributed by atoms with Crippen molar-refractivity contribution in [1.29, 1.82) is 0 Å². The number of Topliss-reactive ketones (excluding diaryl/α,β-unsaturated/α-hetero) is 1. The average Bonchev–Trinajstić information content (AvgIpc) is 3.71. The van der Waals surface area contributed by atoms with Crippen molar-refractivity contribution in [2.45, 2.75) is 56.9 Å². The Bertz CT molecular complexity index is 1220. The highest BCUT2D eigenvalue weighted by Gasteiger charge is 2.43. The quantitative estimate of drug-likeness (QED) is 0.122. The lowest BCUT2D eigenvalue weighted by atomic mass is 9.88. The van der Waals surface area contributed by atoms with Crippen LogP contribution in [0, 0.1) is 16.0 Å². The first-order valence-electron chi connectivity index (χ1n) is 12.2. The molecule has 0 bridgehead atoms. The molecule has 0 saturated heterocycles. The number of carbonyl (C=O) groups is 1. The van der Waals surface area contributed by atoms with Gasteiger partial charge >= 0.3 is 0 Å². The molecule has 13 heteroatoms. The van der Waals surface area contributed by atoms with Gasteiger partial charge in [0, 0.05) is 43.9 Å².